The molecule has 1 aromatic rings. The quantitative estimate of drug-likeness (QED) is 0.909. The minimum Gasteiger partial charge on any atom is -0.357 e. The van der Waals surface area contributed by atoms with Gasteiger partial charge in [0.2, 0.25) is 5.91 Å². The third kappa shape index (κ3) is 2.21. The van der Waals surface area contributed by atoms with E-state index in [2.05, 4.69) is 27.3 Å². The van der Waals surface area contributed by atoms with Gasteiger partial charge in [0.15, 0.2) is 0 Å². The fourth-order valence-corrected chi connectivity index (χ4v) is 2.72. The number of carbonyl (C=O) groups is 1. The van der Waals surface area contributed by atoms with Crippen LogP contribution in [0.2, 0.25) is 0 Å². The number of piperazine rings is 1. The van der Waals surface area contributed by atoms with Crippen molar-refractivity contribution in [2.24, 2.45) is 0 Å². The van der Waals surface area contributed by atoms with Crippen LogP contribution >= 0.6 is 15.9 Å². The van der Waals surface area contributed by atoms with E-state index in [0.717, 1.165) is 23.1 Å². The average molecular weight is 308 g/mol. The van der Waals surface area contributed by atoms with Crippen molar-refractivity contribution in [2.45, 2.75) is 19.4 Å². The summed E-state index contributed by atoms with van der Waals surface area (Å²) in [5, 5.41) is 12.1. The number of anilines is 1. The van der Waals surface area contributed by atoms with Crippen LogP contribution in [0.25, 0.3) is 0 Å². The highest BCUT2D eigenvalue weighted by atomic mass is 79.9. The van der Waals surface area contributed by atoms with Gasteiger partial charge in [0.1, 0.15) is 12.1 Å². The van der Waals surface area contributed by atoms with Crippen LogP contribution in [0, 0.1) is 11.3 Å². The number of nitrogens with one attached hydrogen (secondary N) is 1. The van der Waals surface area contributed by atoms with E-state index in [-0.39, 0.29) is 11.9 Å². The standard InChI is InChI=1S/C13H14BrN3O/c1-2-11-13(18)16-6-7-17(11)12-5-3-4-10(14)9(12)8-15/h3-5,11H,2,6-7H2,1H3,(H,16,18). The average Bonchev–Trinajstić information content (AvgIpc) is 2.38. The van der Waals surface area contributed by atoms with Gasteiger partial charge in [-0.25, -0.2) is 0 Å². The first kappa shape index (κ1) is 12.9. The van der Waals surface area contributed by atoms with Gasteiger partial charge in [-0.05, 0) is 34.5 Å². The van der Waals surface area contributed by atoms with Gasteiger partial charge in [0.05, 0.1) is 11.3 Å². The summed E-state index contributed by atoms with van der Waals surface area (Å²) in [7, 11) is 0. The fraction of sp³-hybridized carbons (Fsp3) is 0.385. The Kier molecular flexibility index (Phi) is 3.87. The summed E-state index contributed by atoms with van der Waals surface area (Å²) in [5.74, 6) is 0.0348. The molecule has 1 saturated heterocycles. The van der Waals surface area contributed by atoms with E-state index in [1.807, 2.05) is 30.0 Å². The maximum atomic E-state index is 11.8. The second-order valence-electron chi connectivity index (χ2n) is 4.15. The van der Waals surface area contributed by atoms with Crippen LogP contribution in [-0.4, -0.2) is 25.0 Å². The van der Waals surface area contributed by atoms with Crippen molar-refractivity contribution in [3.8, 4) is 6.07 Å². The molecular weight excluding hydrogens is 294 g/mol. The van der Waals surface area contributed by atoms with Crippen LogP contribution in [0.15, 0.2) is 22.7 Å². The van der Waals surface area contributed by atoms with Gasteiger partial charge in [0.25, 0.3) is 0 Å². The van der Waals surface area contributed by atoms with Gasteiger partial charge < -0.3 is 10.2 Å². The monoisotopic (exact) mass is 307 g/mol. The zero-order valence-corrected chi connectivity index (χ0v) is 11.7. The molecule has 0 aliphatic carbocycles. The smallest absolute Gasteiger partial charge is 0.242 e. The lowest BCUT2D eigenvalue weighted by atomic mass is 10.1. The van der Waals surface area contributed by atoms with E-state index < -0.39 is 0 Å². The Labute approximate surface area is 115 Å². The zero-order valence-electron chi connectivity index (χ0n) is 10.1. The van der Waals surface area contributed by atoms with Gasteiger partial charge in [-0.1, -0.05) is 13.0 Å². The van der Waals surface area contributed by atoms with Gasteiger partial charge in [-0.3, -0.25) is 4.79 Å². The topological polar surface area (TPSA) is 56.1 Å². The summed E-state index contributed by atoms with van der Waals surface area (Å²) in [6.07, 6.45) is 0.725. The minimum atomic E-state index is -0.194. The third-order valence-electron chi connectivity index (χ3n) is 3.13. The lowest BCUT2D eigenvalue weighted by Gasteiger charge is -2.36. The molecule has 18 heavy (non-hydrogen) atoms. The molecule has 1 amide bonds. The molecule has 1 N–H and O–H groups in total. The molecule has 1 aliphatic rings. The highest BCUT2D eigenvalue weighted by Gasteiger charge is 2.29. The number of halogens is 1. The van der Waals surface area contributed by atoms with Crippen molar-refractivity contribution in [1.82, 2.24) is 5.32 Å². The number of nitrogens with zero attached hydrogens (tertiary/aromatic N) is 2. The predicted molar refractivity (Wildman–Crippen MR) is 73.3 cm³/mol. The molecule has 1 fully saturated rings. The lowest BCUT2D eigenvalue weighted by Crippen LogP contribution is -2.55. The summed E-state index contributed by atoms with van der Waals surface area (Å²) >= 11 is 3.38. The highest BCUT2D eigenvalue weighted by Crippen LogP contribution is 2.29. The Hall–Kier alpha value is -1.54. The Morgan fingerprint density at radius 3 is 3.06 bits per heavy atom. The number of hydrogen-bond donors (Lipinski definition) is 1. The van der Waals surface area contributed by atoms with E-state index in [4.69, 9.17) is 0 Å². The van der Waals surface area contributed by atoms with E-state index in [0.29, 0.717) is 12.1 Å². The molecule has 4 nitrogen and oxygen atoms in total. The van der Waals surface area contributed by atoms with Gasteiger partial charge >= 0.3 is 0 Å². The Morgan fingerprint density at radius 1 is 1.61 bits per heavy atom. The van der Waals surface area contributed by atoms with Gasteiger partial charge in [-0.15, -0.1) is 0 Å². The molecule has 0 bridgehead atoms. The van der Waals surface area contributed by atoms with Crippen LogP contribution in [0.4, 0.5) is 5.69 Å². The zero-order chi connectivity index (χ0) is 13.1. The predicted octanol–water partition coefficient (Wildman–Crippen LogP) is 2.04. The van der Waals surface area contributed by atoms with E-state index >= 15 is 0 Å². The molecular formula is C13H14BrN3O. The van der Waals surface area contributed by atoms with Crippen LogP contribution < -0.4 is 10.2 Å². The number of nitriles is 1. The normalized spacial score (nSPS) is 19.3. The Balaban J connectivity index is 2.44. The molecule has 1 unspecified atom stereocenters. The molecule has 1 atom stereocenters. The van der Waals surface area contributed by atoms with E-state index in [1.54, 1.807) is 0 Å². The second-order valence-corrected chi connectivity index (χ2v) is 5.01. The van der Waals surface area contributed by atoms with Crippen molar-refractivity contribution in [1.29, 1.82) is 5.26 Å². The van der Waals surface area contributed by atoms with Crippen LogP contribution in [0.1, 0.15) is 18.9 Å². The molecule has 1 heterocycles. The molecule has 2 rings (SSSR count). The van der Waals surface area contributed by atoms with Crippen LogP contribution in [0.3, 0.4) is 0 Å². The van der Waals surface area contributed by atoms with Gasteiger partial charge in [0, 0.05) is 17.6 Å². The molecule has 1 aromatic carbocycles. The van der Waals surface area contributed by atoms with Crippen LogP contribution in [-0.2, 0) is 4.79 Å². The highest BCUT2D eigenvalue weighted by molar-refractivity contribution is 9.10. The Morgan fingerprint density at radius 2 is 2.39 bits per heavy atom. The first-order chi connectivity index (χ1) is 8.69. The number of amides is 1. The maximum Gasteiger partial charge on any atom is 0.242 e. The first-order valence-corrected chi connectivity index (χ1v) is 6.71. The summed E-state index contributed by atoms with van der Waals surface area (Å²) in [5.41, 5.74) is 1.42. The second kappa shape index (κ2) is 5.40. The van der Waals surface area contributed by atoms with Crippen molar-refractivity contribution in [2.75, 3.05) is 18.0 Å². The maximum absolute atomic E-state index is 11.8. The first-order valence-electron chi connectivity index (χ1n) is 5.92. The Bertz CT molecular complexity index is 509. The van der Waals surface area contributed by atoms with Crippen molar-refractivity contribution in [3.05, 3.63) is 28.2 Å². The molecule has 0 spiro atoms. The summed E-state index contributed by atoms with van der Waals surface area (Å²) in [4.78, 5) is 13.9. The number of hydrogen-bond acceptors (Lipinski definition) is 3. The lowest BCUT2D eigenvalue weighted by molar-refractivity contribution is -0.123. The van der Waals surface area contributed by atoms with E-state index in [9.17, 15) is 10.1 Å². The molecule has 0 radical (unpaired) electrons. The minimum absolute atomic E-state index is 0.0348. The number of carbonyl (C=O) groups excluding carboxylic acids is 1. The van der Waals surface area contributed by atoms with Crippen molar-refractivity contribution < 1.29 is 4.79 Å². The summed E-state index contributed by atoms with van der Waals surface area (Å²) in [6.45, 7) is 3.33. The fourth-order valence-electron chi connectivity index (χ4n) is 2.27. The van der Waals surface area contributed by atoms with E-state index in [1.165, 1.54) is 0 Å². The molecule has 1 aliphatic heterocycles. The number of rotatable bonds is 2. The molecule has 5 heteroatoms. The van der Waals surface area contributed by atoms with Crippen molar-refractivity contribution >= 4 is 27.5 Å². The van der Waals surface area contributed by atoms with Gasteiger partial charge in [-0.2, -0.15) is 5.26 Å². The third-order valence-corrected chi connectivity index (χ3v) is 3.79. The van der Waals surface area contributed by atoms with Crippen LogP contribution in [0.5, 0.6) is 0 Å². The molecule has 94 valence electrons. The summed E-state index contributed by atoms with van der Waals surface area (Å²) in [6, 6.07) is 7.63. The molecule has 0 aromatic heterocycles. The SMILES string of the molecule is CCC1C(=O)NCCN1c1cccc(Br)c1C#N. The summed E-state index contributed by atoms with van der Waals surface area (Å²) < 4.78 is 0.767. The largest absolute Gasteiger partial charge is 0.357 e. The molecule has 0 saturated carbocycles. The number of benzene rings is 1. The van der Waals surface area contributed by atoms with Crippen molar-refractivity contribution in [3.63, 3.8) is 0 Å².